The highest BCUT2D eigenvalue weighted by Crippen LogP contribution is 2.33. The van der Waals surface area contributed by atoms with Crippen LogP contribution < -0.4 is 21.7 Å². The molecule has 0 aromatic carbocycles. The monoisotopic (exact) mass is 689 g/mol. The van der Waals surface area contributed by atoms with Gasteiger partial charge >= 0.3 is 12.0 Å². The van der Waals surface area contributed by atoms with Gasteiger partial charge in [-0.25, -0.2) is 4.79 Å². The molecule has 0 spiro atoms. The Kier molecular flexibility index (Phi) is 21.5. The molecule has 2 unspecified atom stereocenters. The number of esters is 1. The first-order chi connectivity index (χ1) is 23.0. The van der Waals surface area contributed by atoms with Crippen LogP contribution in [-0.4, -0.2) is 78.2 Å². The fourth-order valence-electron chi connectivity index (χ4n) is 5.17. The summed E-state index contributed by atoms with van der Waals surface area (Å²) >= 11 is 0. The number of nitrogens with two attached hydrogens (primary N) is 1. The number of carbonyl (C=O) groups excluding carboxylic acids is 6. The van der Waals surface area contributed by atoms with Gasteiger partial charge in [-0.05, 0) is 48.7 Å². The van der Waals surface area contributed by atoms with E-state index in [4.69, 9.17) is 10.5 Å². The quantitative estimate of drug-likeness (QED) is 0.121. The molecule has 12 nitrogen and oxygen atoms in total. The second kappa shape index (κ2) is 23.4. The van der Waals surface area contributed by atoms with Crippen molar-refractivity contribution >= 4 is 36.0 Å². The van der Waals surface area contributed by atoms with Gasteiger partial charge in [0.1, 0.15) is 18.7 Å². The maximum atomic E-state index is 13.0. The number of hydrogen-bond donors (Lipinski definition) is 4. The number of primary amides is 1. The molecule has 3 aliphatic rings. The lowest BCUT2D eigenvalue weighted by molar-refractivity contribution is -0.147. The number of nitrogens with zero attached hydrogens (tertiary/aromatic N) is 1. The van der Waals surface area contributed by atoms with Crippen LogP contribution in [0.15, 0.2) is 36.5 Å². The summed E-state index contributed by atoms with van der Waals surface area (Å²) in [6.07, 6.45) is 11.9. The van der Waals surface area contributed by atoms with Crippen LogP contribution in [0, 0.1) is 11.3 Å². The summed E-state index contributed by atoms with van der Waals surface area (Å²) in [5.74, 6) is -1.84. The summed E-state index contributed by atoms with van der Waals surface area (Å²) in [7, 11) is 0. The third kappa shape index (κ3) is 17.3. The van der Waals surface area contributed by atoms with E-state index in [1.165, 1.54) is 12.8 Å². The zero-order chi connectivity index (χ0) is 37.7. The van der Waals surface area contributed by atoms with Gasteiger partial charge in [0.2, 0.25) is 18.1 Å². The van der Waals surface area contributed by atoms with Gasteiger partial charge in [0.05, 0.1) is 6.04 Å². The first-order valence-corrected chi connectivity index (χ1v) is 17.6. The van der Waals surface area contributed by atoms with Gasteiger partial charge in [-0.1, -0.05) is 99.5 Å². The molecule has 49 heavy (non-hydrogen) atoms. The van der Waals surface area contributed by atoms with Crippen LogP contribution >= 0.6 is 0 Å². The Bertz CT molecular complexity index is 1130. The minimum Gasteiger partial charge on any atom is -0.460 e. The Morgan fingerprint density at radius 1 is 0.980 bits per heavy atom. The van der Waals surface area contributed by atoms with Crippen molar-refractivity contribution in [1.29, 1.82) is 0 Å². The van der Waals surface area contributed by atoms with Crippen molar-refractivity contribution in [2.75, 3.05) is 13.1 Å². The fourth-order valence-corrected chi connectivity index (χ4v) is 5.17. The van der Waals surface area contributed by atoms with Gasteiger partial charge in [0, 0.05) is 25.4 Å². The van der Waals surface area contributed by atoms with Gasteiger partial charge in [0.25, 0.3) is 5.91 Å². The highest BCUT2D eigenvalue weighted by molar-refractivity contribution is 6.37. The lowest BCUT2D eigenvalue weighted by atomic mass is 9.85. The number of likely N-dealkylation sites (tertiary alicyclic amines) is 1. The van der Waals surface area contributed by atoms with E-state index < -0.39 is 41.2 Å². The summed E-state index contributed by atoms with van der Waals surface area (Å²) in [5, 5.41) is 7.57. The van der Waals surface area contributed by atoms with Crippen molar-refractivity contribution < 1.29 is 33.5 Å². The number of ketones is 1. The molecule has 0 radical (unpaired) electrons. The molecule has 1 saturated carbocycles. The molecule has 0 aromatic heterocycles. The standard InChI is InChI=1S/C23H35N3O4.C8H12N2O3.2C3H8/c1-7-16-12-18(13-17(16)8-2)30-19(27)14-24-22(29)25-20(23(4,5)6)21(28)26-11-9-10-15(26)3;9-8(13)7(12)6(10-4-11)3-5-1-2-5;2*1-3-2/h7-8,15,18,20H,1-2,9-14H2,3-6H3,(H2,24,25,29);4-6H,1-3H2,(H2,9,13)(H,10,11);2*3H2,1-2H3/t15-,20?;;;/m1.../s1. The van der Waals surface area contributed by atoms with E-state index in [0.717, 1.165) is 36.8 Å². The first-order valence-electron chi connectivity index (χ1n) is 17.6. The highest BCUT2D eigenvalue weighted by Gasteiger charge is 2.38. The van der Waals surface area contributed by atoms with Gasteiger partial charge in [-0.15, -0.1) is 0 Å². The zero-order valence-electron chi connectivity index (χ0n) is 31.2. The molecule has 278 valence electrons. The van der Waals surface area contributed by atoms with Gasteiger partial charge in [0.15, 0.2) is 0 Å². The zero-order valence-corrected chi connectivity index (χ0v) is 31.2. The van der Waals surface area contributed by atoms with Crippen molar-refractivity contribution in [3.8, 4) is 0 Å². The van der Waals surface area contributed by atoms with Crippen molar-refractivity contribution in [2.24, 2.45) is 17.1 Å². The molecule has 2 fully saturated rings. The van der Waals surface area contributed by atoms with E-state index in [2.05, 4.69) is 56.8 Å². The Morgan fingerprint density at radius 3 is 1.90 bits per heavy atom. The third-order valence-electron chi connectivity index (χ3n) is 7.81. The van der Waals surface area contributed by atoms with E-state index in [0.29, 0.717) is 38.1 Å². The number of Topliss-reactive ketones (excluding diaryl/α,β-unsaturated/α-hetero) is 1. The highest BCUT2D eigenvalue weighted by atomic mass is 16.5. The van der Waals surface area contributed by atoms with Crippen molar-refractivity contribution in [3.05, 3.63) is 36.5 Å². The van der Waals surface area contributed by atoms with Crippen LogP contribution in [0.25, 0.3) is 0 Å². The van der Waals surface area contributed by atoms with E-state index >= 15 is 0 Å². The summed E-state index contributed by atoms with van der Waals surface area (Å²) in [6.45, 7) is 24.2. The summed E-state index contributed by atoms with van der Waals surface area (Å²) in [6, 6.07) is -1.79. The minimum atomic E-state index is -0.986. The van der Waals surface area contributed by atoms with Gasteiger partial charge in [-0.3, -0.25) is 24.0 Å². The number of rotatable bonds is 13. The van der Waals surface area contributed by atoms with Crippen LogP contribution in [0.5, 0.6) is 0 Å². The number of ether oxygens (including phenoxy) is 1. The summed E-state index contributed by atoms with van der Waals surface area (Å²) < 4.78 is 5.45. The molecular weight excluding hydrogens is 626 g/mol. The third-order valence-corrected chi connectivity index (χ3v) is 7.81. The molecule has 1 heterocycles. The van der Waals surface area contributed by atoms with E-state index in [1.54, 1.807) is 12.2 Å². The lowest BCUT2D eigenvalue weighted by Gasteiger charge is -2.35. The Balaban J connectivity index is 0.000000998. The van der Waals surface area contributed by atoms with Crippen molar-refractivity contribution in [2.45, 2.75) is 137 Å². The molecule has 0 aromatic rings. The first kappa shape index (κ1) is 45.0. The molecule has 2 aliphatic carbocycles. The Morgan fingerprint density at radius 2 is 1.51 bits per heavy atom. The molecule has 0 bridgehead atoms. The maximum Gasteiger partial charge on any atom is 0.325 e. The second-order valence-electron chi connectivity index (χ2n) is 13.8. The van der Waals surface area contributed by atoms with Crippen LogP contribution in [-0.2, 0) is 28.7 Å². The number of nitrogens with one attached hydrogen (secondary N) is 3. The lowest BCUT2D eigenvalue weighted by Crippen LogP contribution is -2.57. The molecule has 3 atom stereocenters. The average Bonchev–Trinajstić information content (AvgIpc) is 3.61. The molecule has 1 saturated heterocycles. The normalized spacial score (nSPS) is 18.0. The summed E-state index contributed by atoms with van der Waals surface area (Å²) in [4.78, 5) is 71.1. The Hall–Kier alpha value is -3.96. The predicted octanol–water partition coefficient (Wildman–Crippen LogP) is 4.87. The van der Waals surface area contributed by atoms with Gasteiger partial charge < -0.3 is 31.3 Å². The summed E-state index contributed by atoms with van der Waals surface area (Å²) in [5.41, 5.74) is 6.40. The molecular formula is C37H63N5O7. The topological polar surface area (TPSA) is 177 Å². The molecule has 1 aliphatic heterocycles. The number of carbonyl (C=O) groups is 6. The smallest absolute Gasteiger partial charge is 0.325 e. The minimum absolute atomic E-state index is 0.0869. The van der Waals surface area contributed by atoms with E-state index in [1.807, 2.05) is 32.6 Å². The van der Waals surface area contributed by atoms with E-state index in [-0.39, 0.29) is 24.6 Å². The number of urea groups is 1. The van der Waals surface area contributed by atoms with E-state index in [9.17, 15) is 28.8 Å². The fraction of sp³-hybridized carbons (Fsp3) is 0.676. The van der Waals surface area contributed by atoms with Crippen LogP contribution in [0.3, 0.4) is 0 Å². The SMILES string of the molecule is C=CC1=C(C=C)CC(OC(=O)CNC(=O)NC(C(=O)N2CCC[C@H]2C)C(C)(C)C)C1.CCC.CCC.NC(=O)C(=O)C(CC1CC1)NC=O. The largest absolute Gasteiger partial charge is 0.460 e. The van der Waals surface area contributed by atoms with Crippen LogP contribution in [0.2, 0.25) is 0 Å². The van der Waals surface area contributed by atoms with Crippen LogP contribution in [0.1, 0.15) is 113 Å². The molecule has 5 amide bonds. The number of amides is 5. The molecule has 3 rings (SSSR count). The maximum absolute atomic E-state index is 13.0. The second-order valence-corrected chi connectivity index (χ2v) is 13.8. The van der Waals surface area contributed by atoms with Gasteiger partial charge in [-0.2, -0.15) is 0 Å². The molecule has 12 heteroatoms. The number of hydrogen-bond acceptors (Lipinski definition) is 7. The van der Waals surface area contributed by atoms with Crippen LogP contribution in [0.4, 0.5) is 4.79 Å². The van der Waals surface area contributed by atoms with Crippen molar-refractivity contribution in [1.82, 2.24) is 20.9 Å². The van der Waals surface area contributed by atoms with Crippen molar-refractivity contribution in [3.63, 3.8) is 0 Å². The average molecular weight is 690 g/mol. The Labute approximate surface area is 294 Å². The molecule has 5 N–H and O–H groups in total. The number of allylic oxidation sites excluding steroid dienone is 2. The predicted molar refractivity (Wildman–Crippen MR) is 193 cm³/mol.